The molecule has 0 amide bonds. The topological polar surface area (TPSA) is 111 Å². The standard InChI is InChI=1S/C10H11ClN4O3S/c11-8-2-1-7(4-12)3-9(8)19(16,17)14-5-10-13-6-18-15-10/h1-3,6,14H,4-5,12H2. The van der Waals surface area contributed by atoms with Gasteiger partial charge in [-0.1, -0.05) is 22.8 Å². The molecule has 1 heterocycles. The summed E-state index contributed by atoms with van der Waals surface area (Å²) in [6.45, 7) is 0.145. The summed E-state index contributed by atoms with van der Waals surface area (Å²) in [6.07, 6.45) is 1.12. The maximum absolute atomic E-state index is 12.1. The molecule has 0 saturated carbocycles. The zero-order valence-corrected chi connectivity index (χ0v) is 11.3. The molecule has 9 heteroatoms. The zero-order chi connectivity index (χ0) is 13.9. The van der Waals surface area contributed by atoms with Crippen LogP contribution in [0.5, 0.6) is 0 Å². The lowest BCUT2D eigenvalue weighted by molar-refractivity contribution is 0.409. The smallest absolute Gasteiger partial charge is 0.242 e. The predicted molar refractivity (Wildman–Crippen MR) is 67.7 cm³/mol. The van der Waals surface area contributed by atoms with Crippen molar-refractivity contribution in [1.82, 2.24) is 14.9 Å². The van der Waals surface area contributed by atoms with E-state index in [1.807, 2.05) is 0 Å². The highest BCUT2D eigenvalue weighted by molar-refractivity contribution is 7.89. The van der Waals surface area contributed by atoms with Crippen LogP contribution in [0.15, 0.2) is 34.0 Å². The molecular formula is C10H11ClN4O3S. The molecule has 2 rings (SSSR count). The number of hydrogen-bond donors (Lipinski definition) is 2. The Morgan fingerprint density at radius 2 is 2.21 bits per heavy atom. The number of benzene rings is 1. The molecule has 0 aliphatic rings. The normalized spacial score (nSPS) is 11.7. The lowest BCUT2D eigenvalue weighted by atomic mass is 10.2. The number of hydrogen-bond acceptors (Lipinski definition) is 6. The Bertz CT molecular complexity index is 657. The zero-order valence-electron chi connectivity index (χ0n) is 9.71. The average molecular weight is 303 g/mol. The summed E-state index contributed by atoms with van der Waals surface area (Å²) < 4.78 is 31.0. The molecule has 0 atom stereocenters. The second-order valence-electron chi connectivity index (χ2n) is 3.64. The van der Waals surface area contributed by atoms with Crippen LogP contribution < -0.4 is 10.5 Å². The van der Waals surface area contributed by atoms with E-state index in [-0.39, 0.29) is 28.8 Å². The summed E-state index contributed by atoms with van der Waals surface area (Å²) in [5, 5.41) is 3.63. The van der Waals surface area contributed by atoms with Gasteiger partial charge in [0.1, 0.15) is 4.90 Å². The first-order valence-corrected chi connectivity index (χ1v) is 7.12. The number of nitrogens with one attached hydrogen (secondary N) is 1. The monoisotopic (exact) mass is 302 g/mol. The van der Waals surface area contributed by atoms with Crippen molar-refractivity contribution in [2.75, 3.05) is 0 Å². The van der Waals surface area contributed by atoms with E-state index in [0.717, 1.165) is 6.39 Å². The number of aromatic nitrogens is 2. The highest BCUT2D eigenvalue weighted by atomic mass is 35.5. The van der Waals surface area contributed by atoms with Crippen LogP contribution in [0.2, 0.25) is 5.02 Å². The summed E-state index contributed by atoms with van der Waals surface area (Å²) in [7, 11) is -3.76. The molecule has 1 aromatic carbocycles. The molecule has 7 nitrogen and oxygen atoms in total. The molecule has 0 unspecified atom stereocenters. The minimum Gasteiger partial charge on any atom is -0.343 e. The van der Waals surface area contributed by atoms with Crippen LogP contribution in [-0.4, -0.2) is 18.6 Å². The third-order valence-electron chi connectivity index (χ3n) is 2.35. The largest absolute Gasteiger partial charge is 0.343 e. The highest BCUT2D eigenvalue weighted by Crippen LogP contribution is 2.22. The molecule has 0 aliphatic heterocycles. The fourth-order valence-electron chi connectivity index (χ4n) is 1.39. The number of halogens is 1. The summed E-state index contributed by atoms with van der Waals surface area (Å²) in [5.74, 6) is 0.231. The van der Waals surface area contributed by atoms with E-state index < -0.39 is 10.0 Å². The van der Waals surface area contributed by atoms with Crippen molar-refractivity contribution >= 4 is 21.6 Å². The lowest BCUT2D eigenvalue weighted by Gasteiger charge is -2.08. The Labute approximate surface area is 114 Å². The quantitative estimate of drug-likeness (QED) is 0.839. The van der Waals surface area contributed by atoms with Crippen molar-refractivity contribution in [3.8, 4) is 0 Å². The van der Waals surface area contributed by atoms with Crippen molar-refractivity contribution in [3.05, 3.63) is 41.0 Å². The highest BCUT2D eigenvalue weighted by Gasteiger charge is 2.18. The van der Waals surface area contributed by atoms with Crippen molar-refractivity contribution in [2.24, 2.45) is 5.73 Å². The van der Waals surface area contributed by atoms with Gasteiger partial charge in [0.15, 0.2) is 5.82 Å². The van der Waals surface area contributed by atoms with Gasteiger partial charge in [0, 0.05) is 6.54 Å². The molecule has 0 aliphatic carbocycles. The Balaban J connectivity index is 2.23. The van der Waals surface area contributed by atoms with Gasteiger partial charge in [0.2, 0.25) is 16.4 Å². The Morgan fingerprint density at radius 1 is 1.42 bits per heavy atom. The van der Waals surface area contributed by atoms with Crippen LogP contribution in [-0.2, 0) is 23.1 Å². The average Bonchev–Trinajstić information content (AvgIpc) is 2.90. The van der Waals surface area contributed by atoms with E-state index in [4.69, 9.17) is 17.3 Å². The molecule has 102 valence electrons. The van der Waals surface area contributed by atoms with E-state index in [0.29, 0.717) is 5.56 Å². The molecule has 1 aromatic heterocycles. The maximum atomic E-state index is 12.1. The third kappa shape index (κ3) is 3.29. The second-order valence-corrected chi connectivity index (χ2v) is 5.78. The van der Waals surface area contributed by atoms with Gasteiger partial charge >= 0.3 is 0 Å². The Hall–Kier alpha value is -1.48. The van der Waals surface area contributed by atoms with Crippen LogP contribution >= 0.6 is 11.6 Å². The first-order chi connectivity index (χ1) is 9.03. The molecule has 0 saturated heterocycles. The number of nitrogens with zero attached hydrogens (tertiary/aromatic N) is 2. The minimum atomic E-state index is -3.76. The van der Waals surface area contributed by atoms with Crippen LogP contribution in [0.4, 0.5) is 0 Å². The maximum Gasteiger partial charge on any atom is 0.242 e. The van der Waals surface area contributed by atoms with E-state index in [1.54, 1.807) is 6.07 Å². The third-order valence-corrected chi connectivity index (χ3v) is 4.23. The number of rotatable bonds is 5. The second kappa shape index (κ2) is 5.66. The summed E-state index contributed by atoms with van der Waals surface area (Å²) in [4.78, 5) is 3.68. The first-order valence-electron chi connectivity index (χ1n) is 5.26. The fourth-order valence-corrected chi connectivity index (χ4v) is 2.92. The van der Waals surface area contributed by atoms with Crippen LogP contribution in [0.1, 0.15) is 11.4 Å². The van der Waals surface area contributed by atoms with Crippen molar-refractivity contribution in [2.45, 2.75) is 18.0 Å². The van der Waals surface area contributed by atoms with E-state index in [2.05, 4.69) is 19.4 Å². The molecule has 2 aromatic rings. The van der Waals surface area contributed by atoms with Gasteiger partial charge in [0.25, 0.3) is 0 Å². The molecule has 0 radical (unpaired) electrons. The van der Waals surface area contributed by atoms with Crippen molar-refractivity contribution in [3.63, 3.8) is 0 Å². The van der Waals surface area contributed by atoms with Gasteiger partial charge in [-0.15, -0.1) is 0 Å². The number of nitrogens with two attached hydrogens (primary N) is 1. The van der Waals surface area contributed by atoms with Gasteiger partial charge < -0.3 is 10.3 Å². The van der Waals surface area contributed by atoms with Gasteiger partial charge in [-0.05, 0) is 17.7 Å². The minimum absolute atomic E-state index is 0.0272. The van der Waals surface area contributed by atoms with Gasteiger partial charge in [-0.25, -0.2) is 13.1 Å². The Kier molecular flexibility index (Phi) is 4.15. The van der Waals surface area contributed by atoms with E-state index >= 15 is 0 Å². The summed E-state index contributed by atoms with van der Waals surface area (Å²) in [5.41, 5.74) is 6.14. The molecule has 3 N–H and O–H groups in total. The molecule has 19 heavy (non-hydrogen) atoms. The van der Waals surface area contributed by atoms with Crippen LogP contribution in [0.25, 0.3) is 0 Å². The van der Waals surface area contributed by atoms with Crippen molar-refractivity contribution in [1.29, 1.82) is 0 Å². The van der Waals surface area contributed by atoms with Gasteiger partial charge in [0.05, 0.1) is 11.6 Å². The summed E-state index contributed by atoms with van der Waals surface area (Å²) in [6, 6.07) is 4.59. The lowest BCUT2D eigenvalue weighted by Crippen LogP contribution is -2.24. The molecule has 0 spiro atoms. The van der Waals surface area contributed by atoms with Crippen LogP contribution in [0.3, 0.4) is 0 Å². The molecule has 0 bridgehead atoms. The Morgan fingerprint density at radius 3 is 2.84 bits per heavy atom. The van der Waals surface area contributed by atoms with Crippen LogP contribution in [0, 0.1) is 0 Å². The van der Waals surface area contributed by atoms with Crippen molar-refractivity contribution < 1.29 is 12.9 Å². The van der Waals surface area contributed by atoms with E-state index in [1.165, 1.54) is 12.1 Å². The fraction of sp³-hybridized carbons (Fsp3) is 0.200. The molecular weight excluding hydrogens is 292 g/mol. The van der Waals surface area contributed by atoms with Gasteiger partial charge in [-0.3, -0.25) is 0 Å². The molecule has 0 fully saturated rings. The first kappa shape index (κ1) is 13.9. The predicted octanol–water partition coefficient (Wildman–Crippen LogP) is 0.660. The number of sulfonamides is 1. The SMILES string of the molecule is NCc1ccc(Cl)c(S(=O)(=O)NCc2ncon2)c1. The summed E-state index contributed by atoms with van der Waals surface area (Å²) >= 11 is 5.89. The van der Waals surface area contributed by atoms with E-state index in [9.17, 15) is 8.42 Å². The van der Waals surface area contributed by atoms with Gasteiger partial charge in [-0.2, -0.15) is 4.98 Å².